The second-order valence-electron chi connectivity index (χ2n) is 3.62. The molecule has 1 rings (SSSR count). The van der Waals surface area contributed by atoms with Crippen LogP contribution in [0.4, 0.5) is 13.2 Å². The summed E-state index contributed by atoms with van der Waals surface area (Å²) < 4.78 is 40.9. The Hall–Kier alpha value is -1.43. The van der Waals surface area contributed by atoms with Crippen molar-refractivity contribution < 1.29 is 17.9 Å². The molecular formula is C11H12ClF3N2O. The van der Waals surface area contributed by atoms with Crippen LogP contribution >= 0.6 is 11.6 Å². The monoisotopic (exact) mass is 280 g/mol. The first kappa shape index (κ1) is 14.6. The highest BCUT2D eigenvalue weighted by Gasteiger charge is 2.26. The van der Waals surface area contributed by atoms with E-state index in [4.69, 9.17) is 27.5 Å². The highest BCUT2D eigenvalue weighted by Crippen LogP contribution is 2.25. The second kappa shape index (κ2) is 5.95. The number of benzene rings is 1. The van der Waals surface area contributed by atoms with Crippen LogP contribution in [0.1, 0.15) is 18.4 Å². The van der Waals surface area contributed by atoms with E-state index in [2.05, 4.69) is 0 Å². The number of hydrogen-bond acceptors (Lipinski definition) is 2. The van der Waals surface area contributed by atoms with Crippen molar-refractivity contribution in [3.05, 3.63) is 28.8 Å². The van der Waals surface area contributed by atoms with Gasteiger partial charge in [-0.2, -0.15) is 13.2 Å². The summed E-state index contributed by atoms with van der Waals surface area (Å²) in [5.41, 5.74) is 5.63. The summed E-state index contributed by atoms with van der Waals surface area (Å²) in [6.45, 7) is -0.111. The largest absolute Gasteiger partial charge is 0.493 e. The van der Waals surface area contributed by atoms with Crippen molar-refractivity contribution in [3.8, 4) is 5.75 Å². The molecule has 0 aliphatic carbocycles. The van der Waals surface area contributed by atoms with Gasteiger partial charge in [-0.25, -0.2) is 0 Å². The average molecular weight is 281 g/mol. The van der Waals surface area contributed by atoms with Gasteiger partial charge < -0.3 is 10.5 Å². The van der Waals surface area contributed by atoms with Gasteiger partial charge in [-0.15, -0.1) is 0 Å². The van der Waals surface area contributed by atoms with Crippen molar-refractivity contribution in [2.45, 2.75) is 19.0 Å². The van der Waals surface area contributed by atoms with E-state index < -0.39 is 12.6 Å². The first-order chi connectivity index (χ1) is 8.29. The first-order valence-electron chi connectivity index (χ1n) is 5.13. The van der Waals surface area contributed by atoms with Gasteiger partial charge in [-0.1, -0.05) is 11.6 Å². The third-order valence-electron chi connectivity index (χ3n) is 2.10. The topological polar surface area (TPSA) is 59.1 Å². The van der Waals surface area contributed by atoms with Crippen LogP contribution in [-0.2, 0) is 0 Å². The number of rotatable bonds is 5. The fraction of sp³-hybridized carbons (Fsp3) is 0.364. The molecule has 1 aromatic carbocycles. The Morgan fingerprint density at radius 1 is 1.39 bits per heavy atom. The molecule has 3 nitrogen and oxygen atoms in total. The van der Waals surface area contributed by atoms with Crippen LogP contribution in [0.5, 0.6) is 5.75 Å². The predicted octanol–water partition coefficient (Wildman–Crippen LogP) is 3.35. The minimum atomic E-state index is -4.19. The van der Waals surface area contributed by atoms with Crippen LogP contribution in [0, 0.1) is 5.41 Å². The molecule has 0 radical (unpaired) electrons. The normalized spacial score (nSPS) is 11.3. The molecule has 0 atom stereocenters. The molecule has 0 saturated heterocycles. The number of nitrogens with two attached hydrogens (primary N) is 1. The van der Waals surface area contributed by atoms with E-state index in [1.54, 1.807) is 0 Å². The van der Waals surface area contributed by atoms with Gasteiger partial charge in [0.15, 0.2) is 0 Å². The van der Waals surface area contributed by atoms with Crippen LogP contribution in [0.25, 0.3) is 0 Å². The van der Waals surface area contributed by atoms with Gasteiger partial charge in [0, 0.05) is 11.4 Å². The van der Waals surface area contributed by atoms with Crippen LogP contribution < -0.4 is 10.5 Å². The molecule has 0 bridgehead atoms. The van der Waals surface area contributed by atoms with Crippen molar-refractivity contribution >= 4 is 17.4 Å². The van der Waals surface area contributed by atoms with E-state index in [0.29, 0.717) is 10.6 Å². The molecule has 3 N–H and O–H groups in total. The fourth-order valence-electron chi connectivity index (χ4n) is 1.29. The van der Waals surface area contributed by atoms with Gasteiger partial charge in [-0.3, -0.25) is 5.41 Å². The molecular weight excluding hydrogens is 269 g/mol. The number of ether oxygens (including phenoxy) is 1. The maximum absolute atomic E-state index is 11.9. The SMILES string of the molecule is N=C(N)c1ccc(Cl)cc1OCCCC(F)(F)F. The predicted molar refractivity (Wildman–Crippen MR) is 63.3 cm³/mol. The average Bonchev–Trinajstić information content (AvgIpc) is 2.22. The van der Waals surface area contributed by atoms with E-state index in [0.717, 1.165) is 0 Å². The molecule has 0 amide bonds. The van der Waals surface area contributed by atoms with Gasteiger partial charge in [0.25, 0.3) is 0 Å². The Balaban J connectivity index is 2.61. The molecule has 0 saturated carbocycles. The maximum atomic E-state index is 11.9. The number of nitrogen functional groups attached to an aromatic ring is 1. The van der Waals surface area contributed by atoms with Crippen molar-refractivity contribution in [1.29, 1.82) is 5.41 Å². The Morgan fingerprint density at radius 2 is 2.06 bits per heavy atom. The second-order valence-corrected chi connectivity index (χ2v) is 4.06. The molecule has 0 unspecified atom stereocenters. The zero-order valence-electron chi connectivity index (χ0n) is 9.35. The quantitative estimate of drug-likeness (QED) is 0.494. The summed E-state index contributed by atoms with van der Waals surface area (Å²) in [4.78, 5) is 0. The van der Waals surface area contributed by atoms with Gasteiger partial charge >= 0.3 is 6.18 Å². The molecule has 0 aliphatic rings. The summed E-state index contributed by atoms with van der Waals surface area (Å²) >= 11 is 5.74. The summed E-state index contributed by atoms with van der Waals surface area (Å²) in [5, 5.41) is 7.67. The molecule has 0 heterocycles. The van der Waals surface area contributed by atoms with Crippen LogP contribution in [0.3, 0.4) is 0 Å². The molecule has 0 aliphatic heterocycles. The lowest BCUT2D eigenvalue weighted by atomic mass is 10.2. The number of hydrogen-bond donors (Lipinski definition) is 2. The van der Waals surface area contributed by atoms with Crippen molar-refractivity contribution in [1.82, 2.24) is 0 Å². The van der Waals surface area contributed by atoms with Gasteiger partial charge in [0.05, 0.1) is 12.2 Å². The van der Waals surface area contributed by atoms with Gasteiger partial charge in [0.2, 0.25) is 0 Å². The smallest absolute Gasteiger partial charge is 0.389 e. The Morgan fingerprint density at radius 3 is 2.61 bits per heavy atom. The first-order valence-corrected chi connectivity index (χ1v) is 5.51. The van der Waals surface area contributed by atoms with Crippen molar-refractivity contribution in [2.24, 2.45) is 5.73 Å². The highest BCUT2D eigenvalue weighted by atomic mass is 35.5. The Kier molecular flexibility index (Phi) is 4.84. The van der Waals surface area contributed by atoms with Gasteiger partial charge in [-0.05, 0) is 24.6 Å². The zero-order valence-corrected chi connectivity index (χ0v) is 10.1. The van der Waals surface area contributed by atoms with Crippen molar-refractivity contribution in [2.75, 3.05) is 6.61 Å². The maximum Gasteiger partial charge on any atom is 0.389 e. The minimum Gasteiger partial charge on any atom is -0.493 e. The fourth-order valence-corrected chi connectivity index (χ4v) is 1.45. The lowest BCUT2D eigenvalue weighted by Gasteiger charge is -2.11. The van der Waals surface area contributed by atoms with E-state index in [9.17, 15) is 13.2 Å². The number of halogens is 4. The van der Waals surface area contributed by atoms with Gasteiger partial charge in [0.1, 0.15) is 11.6 Å². The number of nitrogens with one attached hydrogen (secondary N) is 1. The summed E-state index contributed by atoms with van der Waals surface area (Å²) in [7, 11) is 0. The molecule has 18 heavy (non-hydrogen) atoms. The van der Waals surface area contributed by atoms with E-state index in [1.807, 2.05) is 0 Å². The molecule has 100 valence electrons. The Bertz CT molecular complexity index is 435. The zero-order chi connectivity index (χ0) is 13.8. The Labute approximate surface area is 107 Å². The highest BCUT2D eigenvalue weighted by molar-refractivity contribution is 6.30. The lowest BCUT2D eigenvalue weighted by Crippen LogP contribution is -2.14. The molecule has 0 aromatic heterocycles. The van der Waals surface area contributed by atoms with Crippen LogP contribution in [-0.4, -0.2) is 18.6 Å². The third-order valence-corrected chi connectivity index (χ3v) is 2.33. The number of alkyl halides is 3. The van der Waals surface area contributed by atoms with E-state index >= 15 is 0 Å². The summed E-state index contributed by atoms with van der Waals surface area (Å²) in [5.74, 6) is -0.00494. The van der Waals surface area contributed by atoms with Crippen LogP contribution in [0.15, 0.2) is 18.2 Å². The van der Waals surface area contributed by atoms with E-state index in [1.165, 1.54) is 18.2 Å². The number of amidine groups is 1. The molecule has 1 aromatic rings. The van der Waals surface area contributed by atoms with Crippen LogP contribution in [0.2, 0.25) is 5.02 Å². The molecule has 0 fully saturated rings. The summed E-state index contributed by atoms with van der Waals surface area (Å²) in [6, 6.07) is 4.44. The third kappa shape index (κ3) is 4.83. The standard InChI is InChI=1S/C11H12ClF3N2O/c12-7-2-3-8(10(16)17)9(6-7)18-5-1-4-11(13,14)15/h2-3,6H,1,4-5H2,(H3,16,17). The van der Waals surface area contributed by atoms with E-state index in [-0.39, 0.29) is 24.6 Å². The lowest BCUT2D eigenvalue weighted by molar-refractivity contribution is -0.136. The molecule has 0 spiro atoms. The molecule has 7 heteroatoms. The van der Waals surface area contributed by atoms with Crippen molar-refractivity contribution in [3.63, 3.8) is 0 Å². The summed E-state index contributed by atoms with van der Waals surface area (Å²) in [6.07, 6.45) is -5.27. The minimum absolute atomic E-state index is 0.111.